The quantitative estimate of drug-likeness (QED) is 0.141. The number of hydrogen-bond donors (Lipinski definition) is 4. The minimum absolute atomic E-state index is 0.00797. The Morgan fingerprint density at radius 1 is 1.29 bits per heavy atom. The van der Waals surface area contributed by atoms with Gasteiger partial charge in [0.2, 0.25) is 16.0 Å². The largest absolute Gasteiger partial charge is 0.497 e. The second-order valence-corrected chi connectivity index (χ2v) is 12.0. The van der Waals surface area contributed by atoms with Crippen LogP contribution in [0.4, 0.5) is 11.6 Å². The molecule has 1 aromatic carbocycles. The first-order valence-electron chi connectivity index (χ1n) is 13.7. The van der Waals surface area contributed by atoms with Crippen LogP contribution in [0.15, 0.2) is 54.3 Å². The number of benzene rings is 1. The number of anilines is 2. The van der Waals surface area contributed by atoms with E-state index < -0.39 is 10.0 Å². The predicted octanol–water partition coefficient (Wildman–Crippen LogP) is 3.68. The molecule has 222 valence electrons. The van der Waals surface area contributed by atoms with Crippen LogP contribution in [0.3, 0.4) is 0 Å². The molecular formula is C29H41N7O4S. The molecule has 4 N–H and O–H groups in total. The minimum Gasteiger partial charge on any atom is -0.497 e. The Labute approximate surface area is 243 Å². The number of sulfonamides is 1. The van der Waals surface area contributed by atoms with Crippen LogP contribution in [-0.4, -0.2) is 66.9 Å². The molecule has 0 spiro atoms. The SMILES string of the molecule is C/C=C\C(=C/C(=N)CNS(C)(=O)=O)C(=O)N[C@H](C)C[C@@H](CCC)N1Cc2cnc(Nc3cccc(OC)c3)nc2C1. The number of carbonyl (C=O) groups is 1. The van der Waals surface area contributed by atoms with Gasteiger partial charge in [-0.05, 0) is 44.9 Å². The number of carbonyl (C=O) groups excluding carboxylic acids is 1. The van der Waals surface area contributed by atoms with Crippen molar-refractivity contribution < 1.29 is 17.9 Å². The van der Waals surface area contributed by atoms with Gasteiger partial charge in [0.15, 0.2) is 0 Å². The average Bonchev–Trinajstić information content (AvgIpc) is 3.34. The Kier molecular flexibility index (Phi) is 11.6. The lowest BCUT2D eigenvalue weighted by molar-refractivity contribution is -0.117. The molecule has 0 bridgehead atoms. The molecule has 41 heavy (non-hydrogen) atoms. The normalized spacial score (nSPS) is 15.4. The van der Waals surface area contributed by atoms with Gasteiger partial charge in [-0.3, -0.25) is 9.69 Å². The number of hydrogen-bond acceptors (Lipinski definition) is 9. The summed E-state index contributed by atoms with van der Waals surface area (Å²) in [6.45, 7) is 7.17. The van der Waals surface area contributed by atoms with Crippen molar-refractivity contribution >= 4 is 33.3 Å². The Bertz CT molecular complexity index is 1390. The molecule has 0 saturated carbocycles. The summed E-state index contributed by atoms with van der Waals surface area (Å²) in [5.41, 5.74) is 3.22. The molecule has 2 aromatic rings. The predicted molar refractivity (Wildman–Crippen MR) is 162 cm³/mol. The van der Waals surface area contributed by atoms with Crippen molar-refractivity contribution in [1.82, 2.24) is 24.9 Å². The van der Waals surface area contributed by atoms with Gasteiger partial charge in [0.1, 0.15) is 5.75 Å². The number of methoxy groups -OCH3 is 1. The highest BCUT2D eigenvalue weighted by Crippen LogP contribution is 2.28. The highest BCUT2D eigenvalue weighted by atomic mass is 32.2. The van der Waals surface area contributed by atoms with Crippen LogP contribution in [-0.2, 0) is 27.9 Å². The lowest BCUT2D eigenvalue weighted by Gasteiger charge is -2.30. The number of nitrogens with zero attached hydrogens (tertiary/aromatic N) is 3. The van der Waals surface area contributed by atoms with Crippen molar-refractivity contribution in [3.8, 4) is 5.75 Å². The lowest BCUT2D eigenvalue weighted by Crippen LogP contribution is -2.40. The maximum Gasteiger partial charge on any atom is 0.251 e. The highest BCUT2D eigenvalue weighted by molar-refractivity contribution is 7.88. The molecule has 0 unspecified atom stereocenters. The Morgan fingerprint density at radius 3 is 2.76 bits per heavy atom. The van der Waals surface area contributed by atoms with Gasteiger partial charge in [-0.2, -0.15) is 0 Å². The van der Waals surface area contributed by atoms with E-state index in [4.69, 9.17) is 15.1 Å². The van der Waals surface area contributed by atoms with Crippen LogP contribution in [0.1, 0.15) is 51.3 Å². The van der Waals surface area contributed by atoms with Crippen LogP contribution < -0.4 is 20.1 Å². The molecule has 12 heteroatoms. The van der Waals surface area contributed by atoms with E-state index in [0.29, 0.717) is 18.1 Å². The van der Waals surface area contributed by atoms with Crippen LogP contribution in [0.2, 0.25) is 0 Å². The number of amides is 1. The van der Waals surface area contributed by atoms with E-state index in [9.17, 15) is 13.2 Å². The fraction of sp³-hybridized carbons (Fsp3) is 0.448. The number of ether oxygens (including phenoxy) is 1. The Balaban J connectivity index is 1.63. The third-order valence-corrected chi connectivity index (χ3v) is 7.28. The summed E-state index contributed by atoms with van der Waals surface area (Å²) in [6.07, 6.45) is 10.3. The third kappa shape index (κ3) is 10.1. The molecule has 0 fully saturated rings. The summed E-state index contributed by atoms with van der Waals surface area (Å²) in [6, 6.07) is 7.71. The molecule has 0 aliphatic carbocycles. The van der Waals surface area contributed by atoms with Gasteiger partial charge >= 0.3 is 0 Å². The van der Waals surface area contributed by atoms with Crippen molar-refractivity contribution in [2.24, 2.45) is 0 Å². The van der Waals surface area contributed by atoms with Gasteiger partial charge in [0.25, 0.3) is 5.91 Å². The van der Waals surface area contributed by atoms with E-state index in [0.717, 1.165) is 54.8 Å². The van der Waals surface area contributed by atoms with Crippen LogP contribution >= 0.6 is 0 Å². The summed E-state index contributed by atoms with van der Waals surface area (Å²) in [7, 11) is -1.80. The Morgan fingerprint density at radius 2 is 2.07 bits per heavy atom. The van der Waals surface area contributed by atoms with Gasteiger partial charge in [0.05, 0.1) is 25.6 Å². The lowest BCUT2D eigenvalue weighted by atomic mass is 10.0. The summed E-state index contributed by atoms with van der Waals surface area (Å²) < 4.78 is 30.2. The minimum atomic E-state index is -3.43. The van der Waals surface area contributed by atoms with Gasteiger partial charge in [-0.25, -0.2) is 23.1 Å². The van der Waals surface area contributed by atoms with E-state index in [1.165, 1.54) is 6.08 Å². The van der Waals surface area contributed by atoms with Gasteiger partial charge in [0, 0.05) is 60.0 Å². The molecule has 1 aliphatic heterocycles. The molecule has 2 heterocycles. The molecule has 1 aromatic heterocycles. The van der Waals surface area contributed by atoms with Crippen molar-refractivity contribution in [3.63, 3.8) is 0 Å². The molecule has 1 aliphatic rings. The highest BCUT2D eigenvalue weighted by Gasteiger charge is 2.28. The monoisotopic (exact) mass is 583 g/mol. The van der Waals surface area contributed by atoms with Crippen molar-refractivity contribution in [2.75, 3.05) is 25.2 Å². The molecule has 3 rings (SSSR count). The zero-order valence-corrected chi connectivity index (χ0v) is 25.2. The number of fused-ring (bicyclic) bond motifs is 1. The van der Waals surface area contributed by atoms with Crippen LogP contribution in [0.5, 0.6) is 5.75 Å². The van der Waals surface area contributed by atoms with E-state index in [1.54, 1.807) is 26.2 Å². The molecule has 1 amide bonds. The molecule has 0 radical (unpaired) electrons. The van der Waals surface area contributed by atoms with Crippen molar-refractivity contribution in [1.29, 1.82) is 5.41 Å². The zero-order chi connectivity index (χ0) is 30.0. The van der Waals surface area contributed by atoms with Crippen molar-refractivity contribution in [3.05, 3.63) is 65.5 Å². The van der Waals surface area contributed by atoms with Crippen LogP contribution in [0.25, 0.3) is 0 Å². The standard InChI is InChI=1S/C29H41N7O4S/c1-6-9-21(14-23(30)17-32-41(5,38)39)28(37)33-20(3)13-25(10-7-2)36-18-22-16-31-29(35-27(22)19-36)34-24-11-8-12-26(15-24)40-4/h6,8-9,11-12,14-16,20,25,30,32H,7,10,13,17-19H2,1-5H3,(H,33,37)(H,31,34,35)/b9-6-,21-14+,30-23?/t20-,25-/m1/s1. The van der Waals surface area contributed by atoms with Gasteiger partial charge in [-0.15, -0.1) is 0 Å². The second kappa shape index (κ2) is 14.9. The van der Waals surface area contributed by atoms with E-state index in [2.05, 4.69) is 32.2 Å². The van der Waals surface area contributed by atoms with E-state index in [-0.39, 0.29) is 30.2 Å². The van der Waals surface area contributed by atoms with Crippen LogP contribution in [0, 0.1) is 5.41 Å². The number of allylic oxidation sites excluding steroid dienone is 1. The maximum atomic E-state index is 13.0. The van der Waals surface area contributed by atoms with E-state index in [1.807, 2.05) is 37.4 Å². The number of rotatable bonds is 15. The summed E-state index contributed by atoms with van der Waals surface area (Å²) >= 11 is 0. The smallest absolute Gasteiger partial charge is 0.251 e. The zero-order valence-electron chi connectivity index (χ0n) is 24.4. The fourth-order valence-electron chi connectivity index (χ4n) is 4.70. The number of aromatic nitrogens is 2. The first-order valence-corrected chi connectivity index (χ1v) is 15.6. The first-order chi connectivity index (χ1) is 19.5. The maximum absolute atomic E-state index is 13.0. The summed E-state index contributed by atoms with van der Waals surface area (Å²) in [5, 5.41) is 14.4. The topological polar surface area (TPSA) is 149 Å². The van der Waals surface area contributed by atoms with Gasteiger partial charge < -0.3 is 20.8 Å². The first kappa shape index (κ1) is 31.9. The average molecular weight is 584 g/mol. The fourth-order valence-corrected chi connectivity index (χ4v) is 5.12. The summed E-state index contributed by atoms with van der Waals surface area (Å²) in [4.78, 5) is 24.7. The molecule has 2 atom stereocenters. The number of nitrogens with one attached hydrogen (secondary N) is 4. The molecule has 11 nitrogen and oxygen atoms in total. The third-order valence-electron chi connectivity index (χ3n) is 6.61. The summed E-state index contributed by atoms with van der Waals surface area (Å²) in [5.74, 6) is 0.979. The van der Waals surface area contributed by atoms with Crippen molar-refractivity contribution in [2.45, 2.75) is 65.2 Å². The Hall–Kier alpha value is -3.61. The second-order valence-electron chi connectivity index (χ2n) is 10.2. The molecular weight excluding hydrogens is 542 g/mol. The van der Waals surface area contributed by atoms with Gasteiger partial charge in [-0.1, -0.05) is 31.6 Å². The van der Waals surface area contributed by atoms with E-state index >= 15 is 0 Å². The molecule has 0 saturated heterocycles.